The van der Waals surface area contributed by atoms with Crippen molar-refractivity contribution in [3.05, 3.63) is 0 Å². The lowest BCUT2D eigenvalue weighted by Gasteiger charge is -2.44. The van der Waals surface area contributed by atoms with Gasteiger partial charge < -0.3 is 25.2 Å². The molecule has 2 aliphatic heterocycles. The van der Waals surface area contributed by atoms with Crippen molar-refractivity contribution in [2.45, 2.75) is 89.1 Å². The van der Waals surface area contributed by atoms with Gasteiger partial charge in [-0.2, -0.15) is 0 Å². The quantitative estimate of drug-likeness (QED) is 0.619. The van der Waals surface area contributed by atoms with E-state index in [9.17, 15) is 24.6 Å². The molecular formula is C21H35N3O6. The number of nitrogens with zero attached hydrogens (tertiary/aromatic N) is 2. The van der Waals surface area contributed by atoms with Gasteiger partial charge in [-0.25, -0.2) is 9.59 Å². The second kappa shape index (κ2) is 9.09. The second-order valence-electron chi connectivity index (χ2n) is 9.86. The van der Waals surface area contributed by atoms with Gasteiger partial charge in [-0.3, -0.25) is 9.69 Å². The summed E-state index contributed by atoms with van der Waals surface area (Å²) in [5, 5.41) is 22.5. The zero-order valence-corrected chi connectivity index (χ0v) is 18.2. The van der Waals surface area contributed by atoms with Crippen LogP contribution in [0.4, 0.5) is 4.79 Å². The highest BCUT2D eigenvalue weighted by atomic mass is 16.6. The lowest BCUT2D eigenvalue weighted by Crippen LogP contribution is -2.64. The van der Waals surface area contributed by atoms with Crippen molar-refractivity contribution in [2.24, 2.45) is 5.92 Å². The summed E-state index contributed by atoms with van der Waals surface area (Å²) in [6.45, 7) is 6.14. The molecule has 0 aromatic heterocycles. The van der Waals surface area contributed by atoms with Gasteiger partial charge in [-0.15, -0.1) is 0 Å². The molecule has 30 heavy (non-hydrogen) atoms. The molecule has 0 spiro atoms. The van der Waals surface area contributed by atoms with E-state index in [1.807, 2.05) is 4.90 Å². The maximum atomic E-state index is 13.6. The molecule has 9 nitrogen and oxygen atoms in total. The van der Waals surface area contributed by atoms with Crippen LogP contribution in [0.25, 0.3) is 0 Å². The van der Waals surface area contributed by atoms with Crippen LogP contribution >= 0.6 is 0 Å². The summed E-state index contributed by atoms with van der Waals surface area (Å²) in [5.41, 5.74) is -0.695. The van der Waals surface area contributed by atoms with Gasteiger partial charge in [0.05, 0.1) is 6.10 Å². The van der Waals surface area contributed by atoms with Crippen LogP contribution in [0.3, 0.4) is 0 Å². The first-order chi connectivity index (χ1) is 14.0. The molecule has 0 radical (unpaired) electrons. The van der Waals surface area contributed by atoms with Crippen LogP contribution in [0.1, 0.15) is 59.3 Å². The number of amides is 2. The number of rotatable bonds is 4. The molecule has 170 valence electrons. The molecule has 1 saturated carbocycles. The van der Waals surface area contributed by atoms with Gasteiger partial charge in [0.1, 0.15) is 17.7 Å². The maximum Gasteiger partial charge on any atom is 0.408 e. The van der Waals surface area contributed by atoms with E-state index in [4.69, 9.17) is 4.74 Å². The fraction of sp³-hybridized carbons (Fsp3) is 0.857. The van der Waals surface area contributed by atoms with Gasteiger partial charge >= 0.3 is 12.1 Å². The number of alkyl carbamates (subject to hydrolysis) is 1. The molecule has 0 aromatic rings. The fourth-order valence-electron chi connectivity index (χ4n) is 4.96. The Bertz CT molecular complexity index is 658. The maximum absolute atomic E-state index is 13.6. The van der Waals surface area contributed by atoms with E-state index in [1.165, 1.54) is 4.90 Å². The lowest BCUT2D eigenvalue weighted by molar-refractivity contribution is -0.156. The molecule has 0 bridgehead atoms. The van der Waals surface area contributed by atoms with E-state index in [0.717, 1.165) is 32.1 Å². The SMILES string of the molecule is CC(C)(C)OC(=O)N[C@H](C(=O)N1C[C@H]2CC(O)CN2CC1C(=O)O)C1CCCCC1. The first-order valence-electron chi connectivity index (χ1n) is 11.0. The van der Waals surface area contributed by atoms with Crippen LogP contribution in [0, 0.1) is 5.92 Å². The van der Waals surface area contributed by atoms with E-state index < -0.39 is 35.9 Å². The predicted octanol–water partition coefficient (Wildman–Crippen LogP) is 1.19. The number of carbonyl (C=O) groups is 3. The number of hydrogen-bond acceptors (Lipinski definition) is 6. The Morgan fingerprint density at radius 2 is 1.73 bits per heavy atom. The Kier molecular flexibility index (Phi) is 6.91. The minimum absolute atomic E-state index is 0.0413. The number of aliphatic hydroxyl groups excluding tert-OH is 1. The second-order valence-corrected chi connectivity index (χ2v) is 9.86. The third kappa shape index (κ3) is 5.43. The normalized spacial score (nSPS) is 29.2. The predicted molar refractivity (Wildman–Crippen MR) is 109 cm³/mol. The number of hydrogen-bond donors (Lipinski definition) is 3. The van der Waals surface area contributed by atoms with Crippen molar-refractivity contribution in [1.82, 2.24) is 15.1 Å². The van der Waals surface area contributed by atoms with Gasteiger partial charge in [0.25, 0.3) is 0 Å². The molecule has 4 atom stereocenters. The van der Waals surface area contributed by atoms with Crippen molar-refractivity contribution in [3.63, 3.8) is 0 Å². The number of aliphatic carboxylic acids is 1. The van der Waals surface area contributed by atoms with Crippen LogP contribution in [0.15, 0.2) is 0 Å². The van der Waals surface area contributed by atoms with Gasteiger partial charge in [0.15, 0.2) is 0 Å². The topological polar surface area (TPSA) is 119 Å². The molecule has 2 saturated heterocycles. The van der Waals surface area contributed by atoms with Gasteiger partial charge in [0, 0.05) is 25.7 Å². The van der Waals surface area contributed by atoms with E-state index >= 15 is 0 Å². The molecule has 2 amide bonds. The minimum atomic E-state index is -1.07. The van der Waals surface area contributed by atoms with Crippen molar-refractivity contribution in [1.29, 1.82) is 0 Å². The van der Waals surface area contributed by atoms with Crippen molar-refractivity contribution in [2.75, 3.05) is 19.6 Å². The third-order valence-electron chi connectivity index (χ3n) is 6.32. The Morgan fingerprint density at radius 3 is 2.33 bits per heavy atom. The molecule has 2 heterocycles. The summed E-state index contributed by atoms with van der Waals surface area (Å²) >= 11 is 0. The number of carboxylic acids is 1. The van der Waals surface area contributed by atoms with Gasteiger partial charge in [-0.05, 0) is 46.0 Å². The number of nitrogens with one attached hydrogen (secondary N) is 1. The van der Waals surface area contributed by atoms with Crippen LogP contribution in [-0.2, 0) is 14.3 Å². The lowest BCUT2D eigenvalue weighted by atomic mass is 9.83. The van der Waals surface area contributed by atoms with Crippen LogP contribution in [0.5, 0.6) is 0 Å². The highest BCUT2D eigenvalue weighted by molar-refractivity contribution is 5.90. The van der Waals surface area contributed by atoms with E-state index in [0.29, 0.717) is 13.0 Å². The smallest absolute Gasteiger partial charge is 0.408 e. The van der Waals surface area contributed by atoms with Crippen LogP contribution in [0.2, 0.25) is 0 Å². The number of carbonyl (C=O) groups excluding carboxylic acids is 2. The van der Waals surface area contributed by atoms with E-state index in [2.05, 4.69) is 5.32 Å². The fourth-order valence-corrected chi connectivity index (χ4v) is 4.96. The molecule has 2 unspecified atom stereocenters. The Morgan fingerprint density at radius 1 is 1.07 bits per heavy atom. The molecule has 9 heteroatoms. The van der Waals surface area contributed by atoms with Gasteiger partial charge in [0.2, 0.25) is 5.91 Å². The largest absolute Gasteiger partial charge is 0.480 e. The number of ether oxygens (including phenoxy) is 1. The monoisotopic (exact) mass is 425 g/mol. The number of aliphatic hydroxyl groups is 1. The Labute approximate surface area is 177 Å². The number of carboxylic acid groups (broad SMARTS) is 1. The summed E-state index contributed by atoms with van der Waals surface area (Å²) in [6, 6.07) is -1.86. The van der Waals surface area contributed by atoms with Crippen molar-refractivity contribution < 1.29 is 29.3 Å². The Hall–Kier alpha value is -1.87. The van der Waals surface area contributed by atoms with E-state index in [1.54, 1.807) is 20.8 Å². The van der Waals surface area contributed by atoms with Gasteiger partial charge in [-0.1, -0.05) is 19.3 Å². The molecule has 1 aliphatic carbocycles. The zero-order valence-electron chi connectivity index (χ0n) is 18.2. The van der Waals surface area contributed by atoms with Crippen LogP contribution < -0.4 is 5.32 Å². The zero-order chi connectivity index (χ0) is 22.1. The summed E-state index contributed by atoms with van der Waals surface area (Å²) in [4.78, 5) is 41.4. The average Bonchev–Trinajstić information content (AvgIpc) is 3.02. The summed E-state index contributed by atoms with van der Waals surface area (Å²) in [7, 11) is 0. The number of piperazine rings is 1. The minimum Gasteiger partial charge on any atom is -0.480 e. The average molecular weight is 426 g/mol. The van der Waals surface area contributed by atoms with Crippen molar-refractivity contribution in [3.8, 4) is 0 Å². The standard InChI is InChI=1S/C21H35N3O6/c1-21(2,3)30-20(29)22-17(13-7-5-4-6-8-13)18(26)24-10-14-9-15(25)11-23(14)12-16(24)19(27)28/h13-17,25H,4-12H2,1-3H3,(H,22,29)(H,27,28)/t14-,15?,16?,17+/m1/s1. The molecule has 3 N–H and O–H groups in total. The Balaban J connectivity index is 1.80. The number of fused-ring (bicyclic) bond motifs is 1. The summed E-state index contributed by atoms with van der Waals surface area (Å²) in [5.74, 6) is -1.47. The first kappa shape index (κ1) is 22.8. The first-order valence-corrected chi connectivity index (χ1v) is 11.0. The molecule has 3 aliphatic rings. The highest BCUT2D eigenvalue weighted by Gasteiger charge is 2.46. The van der Waals surface area contributed by atoms with Crippen LogP contribution in [-0.4, -0.2) is 87.4 Å². The molecule has 3 rings (SSSR count). The third-order valence-corrected chi connectivity index (χ3v) is 6.32. The molecule has 3 fully saturated rings. The highest BCUT2D eigenvalue weighted by Crippen LogP contribution is 2.30. The summed E-state index contributed by atoms with van der Waals surface area (Å²) < 4.78 is 5.38. The summed E-state index contributed by atoms with van der Waals surface area (Å²) in [6.07, 6.45) is 4.04. The van der Waals surface area contributed by atoms with E-state index in [-0.39, 0.29) is 31.0 Å². The molecule has 0 aromatic carbocycles. The molecular weight excluding hydrogens is 390 g/mol. The van der Waals surface area contributed by atoms with Crippen molar-refractivity contribution >= 4 is 18.0 Å².